The highest BCUT2D eigenvalue weighted by molar-refractivity contribution is 5.94. The summed E-state index contributed by atoms with van der Waals surface area (Å²) >= 11 is 0. The molecule has 0 heterocycles. The minimum atomic E-state index is 0.0387. The average molecular weight is 234 g/mol. The molecular formula is C14H22N2O. The zero-order valence-electron chi connectivity index (χ0n) is 11.2. The monoisotopic (exact) mass is 234 g/mol. The second-order valence-electron chi connectivity index (χ2n) is 4.61. The van der Waals surface area contributed by atoms with Gasteiger partial charge in [-0.15, -0.1) is 0 Å². The minimum Gasteiger partial charge on any atom is -0.383 e. The molecule has 1 atom stereocenters. The molecule has 0 aliphatic rings. The Morgan fingerprint density at radius 2 is 2.12 bits per heavy atom. The second-order valence-corrected chi connectivity index (χ2v) is 4.61. The summed E-state index contributed by atoms with van der Waals surface area (Å²) < 4.78 is 0. The van der Waals surface area contributed by atoms with Gasteiger partial charge in [-0.05, 0) is 31.5 Å². The quantitative estimate of drug-likeness (QED) is 0.849. The van der Waals surface area contributed by atoms with E-state index in [1.165, 1.54) is 0 Å². The Morgan fingerprint density at radius 3 is 2.71 bits per heavy atom. The first-order valence-electron chi connectivity index (χ1n) is 6.12. The lowest BCUT2D eigenvalue weighted by molar-refractivity contribution is 0.0827. The normalized spacial score (nSPS) is 12.0. The molecule has 0 fully saturated rings. The van der Waals surface area contributed by atoms with Gasteiger partial charge in [-0.2, -0.15) is 0 Å². The van der Waals surface area contributed by atoms with Gasteiger partial charge >= 0.3 is 0 Å². The largest absolute Gasteiger partial charge is 0.383 e. The number of benzene rings is 1. The first-order valence-corrected chi connectivity index (χ1v) is 6.12. The molecule has 1 rings (SSSR count). The van der Waals surface area contributed by atoms with E-state index in [0.717, 1.165) is 24.1 Å². The predicted molar refractivity (Wildman–Crippen MR) is 72.5 cm³/mol. The lowest BCUT2D eigenvalue weighted by atomic mass is 10.1. The lowest BCUT2D eigenvalue weighted by Gasteiger charge is -2.16. The first-order chi connectivity index (χ1) is 8.04. The summed E-state index contributed by atoms with van der Waals surface area (Å²) in [5, 5.41) is 3.41. The Balaban J connectivity index is 2.75. The Hall–Kier alpha value is -1.51. The third-order valence-corrected chi connectivity index (χ3v) is 2.65. The Labute approximate surface area is 104 Å². The molecule has 0 aliphatic carbocycles. The van der Waals surface area contributed by atoms with Crippen LogP contribution < -0.4 is 5.32 Å². The number of anilines is 1. The SMILES string of the molecule is CCCC(C)Nc1cccc(C(=O)N(C)C)c1. The second kappa shape index (κ2) is 6.28. The van der Waals surface area contributed by atoms with Gasteiger partial charge in [0.1, 0.15) is 0 Å². The molecule has 94 valence electrons. The summed E-state index contributed by atoms with van der Waals surface area (Å²) in [7, 11) is 3.53. The maximum absolute atomic E-state index is 11.8. The number of carbonyl (C=O) groups is 1. The molecule has 0 spiro atoms. The zero-order valence-corrected chi connectivity index (χ0v) is 11.2. The average Bonchev–Trinajstić information content (AvgIpc) is 2.28. The molecule has 3 nitrogen and oxygen atoms in total. The van der Waals surface area contributed by atoms with Gasteiger partial charge in [-0.1, -0.05) is 19.4 Å². The van der Waals surface area contributed by atoms with Gasteiger partial charge in [0.25, 0.3) is 5.91 Å². The van der Waals surface area contributed by atoms with Gasteiger partial charge < -0.3 is 10.2 Å². The van der Waals surface area contributed by atoms with E-state index in [4.69, 9.17) is 0 Å². The predicted octanol–water partition coefficient (Wildman–Crippen LogP) is 2.99. The van der Waals surface area contributed by atoms with Crippen LogP contribution in [0.15, 0.2) is 24.3 Å². The summed E-state index contributed by atoms with van der Waals surface area (Å²) in [5.74, 6) is 0.0387. The fourth-order valence-electron chi connectivity index (χ4n) is 1.79. The van der Waals surface area contributed by atoms with Gasteiger partial charge in [0.2, 0.25) is 0 Å². The Morgan fingerprint density at radius 1 is 1.41 bits per heavy atom. The molecule has 0 saturated carbocycles. The van der Waals surface area contributed by atoms with Crippen LogP contribution in [0, 0.1) is 0 Å². The molecule has 1 amide bonds. The summed E-state index contributed by atoms with van der Waals surface area (Å²) in [5.41, 5.74) is 1.74. The van der Waals surface area contributed by atoms with E-state index in [2.05, 4.69) is 19.2 Å². The number of amides is 1. The van der Waals surface area contributed by atoms with Crippen molar-refractivity contribution in [1.29, 1.82) is 0 Å². The maximum atomic E-state index is 11.8. The van der Waals surface area contributed by atoms with E-state index in [0.29, 0.717) is 6.04 Å². The number of nitrogens with zero attached hydrogens (tertiary/aromatic N) is 1. The summed E-state index contributed by atoms with van der Waals surface area (Å²) in [4.78, 5) is 13.4. The molecule has 1 N–H and O–H groups in total. The summed E-state index contributed by atoms with van der Waals surface area (Å²) in [6, 6.07) is 8.10. The summed E-state index contributed by atoms with van der Waals surface area (Å²) in [6.07, 6.45) is 2.29. The first kappa shape index (κ1) is 13.6. The molecule has 0 aliphatic heterocycles. The van der Waals surface area contributed by atoms with Gasteiger partial charge in [-0.25, -0.2) is 0 Å². The molecule has 3 heteroatoms. The van der Waals surface area contributed by atoms with Crippen LogP contribution in [0.1, 0.15) is 37.0 Å². The number of carbonyl (C=O) groups excluding carboxylic acids is 1. The van der Waals surface area contributed by atoms with E-state index in [-0.39, 0.29) is 5.91 Å². The number of hydrogen-bond donors (Lipinski definition) is 1. The van der Waals surface area contributed by atoms with Crippen LogP contribution in [0.5, 0.6) is 0 Å². The van der Waals surface area contributed by atoms with E-state index >= 15 is 0 Å². The van der Waals surface area contributed by atoms with Crippen LogP contribution in [-0.4, -0.2) is 30.9 Å². The van der Waals surface area contributed by atoms with Crippen LogP contribution >= 0.6 is 0 Å². The lowest BCUT2D eigenvalue weighted by Crippen LogP contribution is -2.22. The number of hydrogen-bond acceptors (Lipinski definition) is 2. The Kier molecular flexibility index (Phi) is 5.01. The van der Waals surface area contributed by atoms with Crippen molar-refractivity contribution in [3.63, 3.8) is 0 Å². The van der Waals surface area contributed by atoms with Crippen molar-refractivity contribution in [2.24, 2.45) is 0 Å². The third kappa shape index (κ3) is 4.10. The smallest absolute Gasteiger partial charge is 0.253 e. The fourth-order valence-corrected chi connectivity index (χ4v) is 1.79. The van der Waals surface area contributed by atoms with E-state index in [9.17, 15) is 4.79 Å². The van der Waals surface area contributed by atoms with Gasteiger partial charge in [0, 0.05) is 31.4 Å². The molecule has 0 bridgehead atoms. The Bertz CT molecular complexity index is 374. The topological polar surface area (TPSA) is 32.3 Å². The van der Waals surface area contributed by atoms with Crippen molar-refractivity contribution in [3.8, 4) is 0 Å². The third-order valence-electron chi connectivity index (χ3n) is 2.65. The molecule has 0 saturated heterocycles. The summed E-state index contributed by atoms with van der Waals surface area (Å²) in [6.45, 7) is 4.33. The van der Waals surface area contributed by atoms with Gasteiger partial charge in [0.05, 0.1) is 0 Å². The van der Waals surface area contributed by atoms with E-state index < -0.39 is 0 Å². The highest BCUT2D eigenvalue weighted by atomic mass is 16.2. The van der Waals surface area contributed by atoms with Gasteiger partial charge in [0.15, 0.2) is 0 Å². The molecule has 1 unspecified atom stereocenters. The van der Waals surface area contributed by atoms with Crippen molar-refractivity contribution in [1.82, 2.24) is 4.90 Å². The minimum absolute atomic E-state index is 0.0387. The molecule has 0 aromatic heterocycles. The van der Waals surface area contributed by atoms with Crippen LogP contribution in [0.2, 0.25) is 0 Å². The standard InChI is InChI=1S/C14H22N2O/c1-5-7-11(2)15-13-9-6-8-12(10-13)14(17)16(3)4/h6,8-11,15H,5,7H2,1-4H3. The molecular weight excluding hydrogens is 212 g/mol. The van der Waals surface area contributed by atoms with Crippen LogP contribution in [0.3, 0.4) is 0 Å². The van der Waals surface area contributed by atoms with Gasteiger partial charge in [-0.3, -0.25) is 4.79 Å². The fraction of sp³-hybridized carbons (Fsp3) is 0.500. The van der Waals surface area contributed by atoms with Crippen molar-refractivity contribution in [3.05, 3.63) is 29.8 Å². The maximum Gasteiger partial charge on any atom is 0.253 e. The van der Waals surface area contributed by atoms with E-state index in [1.807, 2.05) is 24.3 Å². The number of rotatable bonds is 5. The highest BCUT2D eigenvalue weighted by Gasteiger charge is 2.08. The highest BCUT2D eigenvalue weighted by Crippen LogP contribution is 2.14. The molecule has 17 heavy (non-hydrogen) atoms. The van der Waals surface area contributed by atoms with Crippen LogP contribution in [0.4, 0.5) is 5.69 Å². The van der Waals surface area contributed by atoms with Crippen molar-refractivity contribution in [2.75, 3.05) is 19.4 Å². The molecule has 1 aromatic rings. The van der Waals surface area contributed by atoms with Crippen molar-refractivity contribution >= 4 is 11.6 Å². The molecule has 0 radical (unpaired) electrons. The van der Waals surface area contributed by atoms with Crippen molar-refractivity contribution < 1.29 is 4.79 Å². The number of nitrogens with one attached hydrogen (secondary N) is 1. The molecule has 1 aromatic carbocycles. The van der Waals surface area contributed by atoms with E-state index in [1.54, 1.807) is 19.0 Å². The van der Waals surface area contributed by atoms with Crippen LogP contribution in [-0.2, 0) is 0 Å². The van der Waals surface area contributed by atoms with Crippen molar-refractivity contribution in [2.45, 2.75) is 32.7 Å². The van der Waals surface area contributed by atoms with Crippen LogP contribution in [0.25, 0.3) is 0 Å². The zero-order chi connectivity index (χ0) is 12.8.